The van der Waals surface area contributed by atoms with Gasteiger partial charge in [-0.1, -0.05) is 12.1 Å². The van der Waals surface area contributed by atoms with Crippen molar-refractivity contribution in [1.29, 1.82) is 0 Å². The number of nitrogens with zero attached hydrogens (tertiary/aromatic N) is 3. The van der Waals surface area contributed by atoms with E-state index in [9.17, 15) is 18.0 Å². The first kappa shape index (κ1) is 14.5. The quantitative estimate of drug-likeness (QED) is 0.872. The van der Waals surface area contributed by atoms with Gasteiger partial charge in [-0.3, -0.25) is 4.79 Å². The van der Waals surface area contributed by atoms with Gasteiger partial charge in [0.1, 0.15) is 5.82 Å². The molecule has 9 heteroatoms. The van der Waals surface area contributed by atoms with E-state index in [1.165, 1.54) is 12.1 Å². The number of tetrazole rings is 1. The summed E-state index contributed by atoms with van der Waals surface area (Å²) in [6, 6.07) is 4.19. The van der Waals surface area contributed by atoms with Gasteiger partial charge < -0.3 is 5.32 Å². The Bertz CT molecular complexity index is 689. The smallest absolute Gasteiger partial charge is 0.253 e. The van der Waals surface area contributed by atoms with Gasteiger partial charge in [0.05, 0.1) is 6.42 Å². The van der Waals surface area contributed by atoms with Gasteiger partial charge in [0.15, 0.2) is 0 Å². The van der Waals surface area contributed by atoms with E-state index in [2.05, 4.69) is 25.9 Å². The lowest BCUT2D eigenvalue weighted by atomic mass is 10.1. The maximum absolute atomic E-state index is 14.0. The molecule has 0 saturated heterocycles. The van der Waals surface area contributed by atoms with Gasteiger partial charge in [0, 0.05) is 24.4 Å². The third-order valence-electron chi connectivity index (χ3n) is 3.51. The van der Waals surface area contributed by atoms with E-state index in [1.54, 1.807) is 6.07 Å². The number of H-pyrrole nitrogens is 1. The Labute approximate surface area is 123 Å². The number of aromatic amines is 1. The monoisotopic (exact) mass is 311 g/mol. The van der Waals surface area contributed by atoms with Crippen LogP contribution in [0.15, 0.2) is 18.2 Å². The highest BCUT2D eigenvalue weighted by Gasteiger charge is 2.56. The number of carbonyl (C=O) groups excluding carboxylic acids is 1. The van der Waals surface area contributed by atoms with Gasteiger partial charge in [-0.2, -0.15) is 5.21 Å². The van der Waals surface area contributed by atoms with Gasteiger partial charge in [-0.25, -0.2) is 13.2 Å². The normalized spacial score (nSPS) is 19.0. The second kappa shape index (κ2) is 5.39. The molecule has 1 unspecified atom stereocenters. The second-order valence-corrected chi connectivity index (χ2v) is 5.18. The highest BCUT2D eigenvalue weighted by Crippen LogP contribution is 2.47. The lowest BCUT2D eigenvalue weighted by Gasteiger charge is -2.06. The molecule has 1 aromatic heterocycles. The zero-order valence-corrected chi connectivity index (χ0v) is 11.3. The van der Waals surface area contributed by atoms with E-state index in [4.69, 9.17) is 0 Å². The number of benzene rings is 1. The Hall–Kier alpha value is -2.45. The van der Waals surface area contributed by atoms with Crippen LogP contribution in [0.4, 0.5) is 13.2 Å². The molecule has 3 rings (SSSR count). The Morgan fingerprint density at radius 1 is 1.45 bits per heavy atom. The molecule has 1 atom stereocenters. The lowest BCUT2D eigenvalue weighted by molar-refractivity contribution is -0.120. The number of amides is 1. The van der Waals surface area contributed by atoms with Crippen LogP contribution in [0.2, 0.25) is 0 Å². The van der Waals surface area contributed by atoms with Crippen molar-refractivity contribution in [1.82, 2.24) is 25.9 Å². The summed E-state index contributed by atoms with van der Waals surface area (Å²) in [6.07, 6.45) is -0.419. The van der Waals surface area contributed by atoms with E-state index in [0.29, 0.717) is 5.56 Å². The molecule has 0 bridgehead atoms. The molecule has 1 aliphatic rings. The first-order valence-corrected chi connectivity index (χ1v) is 6.62. The Balaban J connectivity index is 1.59. The highest BCUT2D eigenvalue weighted by molar-refractivity contribution is 5.78. The number of nitrogens with one attached hydrogen (secondary N) is 2. The van der Waals surface area contributed by atoms with Crippen molar-refractivity contribution in [3.63, 3.8) is 0 Å². The molecule has 2 N–H and O–H groups in total. The van der Waals surface area contributed by atoms with Gasteiger partial charge in [0.2, 0.25) is 11.7 Å². The van der Waals surface area contributed by atoms with Crippen LogP contribution in [0.3, 0.4) is 0 Å². The standard InChI is InChI=1S/C13H12F3N5O/c14-10-3-8(12-18-20-21-19-12)2-1-7(10)4-11(22)17-6-9-5-13(9,15)16/h1-3,9H,4-6H2,(H,17,22)(H,18,19,20,21). The Morgan fingerprint density at radius 3 is 2.82 bits per heavy atom. The summed E-state index contributed by atoms with van der Waals surface area (Å²) >= 11 is 0. The number of hydrogen-bond donors (Lipinski definition) is 2. The Morgan fingerprint density at radius 2 is 2.23 bits per heavy atom. The molecule has 1 amide bonds. The van der Waals surface area contributed by atoms with Crippen LogP contribution in [0, 0.1) is 11.7 Å². The number of carbonyl (C=O) groups is 1. The van der Waals surface area contributed by atoms with Crippen LogP contribution < -0.4 is 5.32 Å². The molecule has 1 aromatic carbocycles. The topological polar surface area (TPSA) is 83.6 Å². The number of aromatic nitrogens is 4. The zero-order valence-electron chi connectivity index (χ0n) is 11.3. The van der Waals surface area contributed by atoms with E-state index >= 15 is 0 Å². The molecule has 0 spiro atoms. The Kier molecular flexibility index (Phi) is 3.55. The zero-order chi connectivity index (χ0) is 15.7. The van der Waals surface area contributed by atoms with Crippen molar-refractivity contribution in [2.75, 3.05) is 6.54 Å². The first-order valence-electron chi connectivity index (χ1n) is 6.62. The van der Waals surface area contributed by atoms with Crippen LogP contribution in [0.5, 0.6) is 0 Å². The van der Waals surface area contributed by atoms with Crippen molar-refractivity contribution in [2.24, 2.45) is 5.92 Å². The van der Waals surface area contributed by atoms with Crippen LogP contribution >= 0.6 is 0 Å². The number of alkyl halides is 2. The van der Waals surface area contributed by atoms with Crippen LogP contribution in [-0.4, -0.2) is 39.0 Å². The highest BCUT2D eigenvalue weighted by atomic mass is 19.3. The molecule has 1 saturated carbocycles. The fraction of sp³-hybridized carbons (Fsp3) is 0.385. The summed E-state index contributed by atoms with van der Waals surface area (Å²) in [5.41, 5.74) is 0.598. The minimum atomic E-state index is -2.68. The van der Waals surface area contributed by atoms with Crippen molar-refractivity contribution in [3.05, 3.63) is 29.6 Å². The fourth-order valence-electron chi connectivity index (χ4n) is 2.08. The predicted octanol–water partition coefficient (Wildman–Crippen LogP) is 1.32. The molecule has 0 aliphatic heterocycles. The summed E-state index contributed by atoms with van der Waals surface area (Å²) < 4.78 is 39.3. The number of hydrogen-bond acceptors (Lipinski definition) is 4. The molecular formula is C13H12F3N5O. The van der Waals surface area contributed by atoms with Gasteiger partial charge >= 0.3 is 0 Å². The number of rotatable bonds is 5. The average Bonchev–Trinajstić information content (AvgIpc) is 2.90. The molecule has 1 heterocycles. The summed E-state index contributed by atoms with van der Waals surface area (Å²) in [4.78, 5) is 11.7. The fourth-order valence-corrected chi connectivity index (χ4v) is 2.08. The summed E-state index contributed by atoms with van der Waals surface area (Å²) in [5, 5.41) is 15.5. The number of halogens is 3. The van der Waals surface area contributed by atoms with Crippen LogP contribution in [0.25, 0.3) is 11.4 Å². The molecular weight excluding hydrogens is 299 g/mol. The van der Waals surface area contributed by atoms with Crippen LogP contribution in [-0.2, 0) is 11.2 Å². The lowest BCUT2D eigenvalue weighted by Crippen LogP contribution is -2.28. The van der Waals surface area contributed by atoms with Gasteiger partial charge in [-0.15, -0.1) is 10.2 Å². The summed E-state index contributed by atoms with van der Waals surface area (Å²) in [6.45, 7) is -0.0889. The molecule has 0 radical (unpaired) electrons. The van der Waals surface area contributed by atoms with E-state index in [0.717, 1.165) is 0 Å². The molecule has 2 aromatic rings. The summed E-state index contributed by atoms with van der Waals surface area (Å²) in [7, 11) is 0. The average molecular weight is 311 g/mol. The van der Waals surface area contributed by atoms with E-state index < -0.39 is 23.6 Å². The van der Waals surface area contributed by atoms with Crippen molar-refractivity contribution in [2.45, 2.75) is 18.8 Å². The van der Waals surface area contributed by atoms with Gasteiger partial charge in [0.25, 0.3) is 5.92 Å². The van der Waals surface area contributed by atoms with E-state index in [-0.39, 0.29) is 30.8 Å². The van der Waals surface area contributed by atoms with Gasteiger partial charge in [-0.05, 0) is 16.8 Å². The summed E-state index contributed by atoms with van der Waals surface area (Å²) in [5.74, 6) is -4.32. The van der Waals surface area contributed by atoms with Crippen molar-refractivity contribution < 1.29 is 18.0 Å². The molecule has 22 heavy (non-hydrogen) atoms. The maximum Gasteiger partial charge on any atom is 0.253 e. The first-order chi connectivity index (χ1) is 10.5. The predicted molar refractivity (Wildman–Crippen MR) is 69.3 cm³/mol. The maximum atomic E-state index is 14.0. The van der Waals surface area contributed by atoms with Crippen LogP contribution in [0.1, 0.15) is 12.0 Å². The largest absolute Gasteiger partial charge is 0.355 e. The molecule has 1 aliphatic carbocycles. The minimum Gasteiger partial charge on any atom is -0.355 e. The minimum absolute atomic E-state index is 0.0889. The second-order valence-electron chi connectivity index (χ2n) is 5.18. The molecule has 6 nitrogen and oxygen atoms in total. The molecule has 1 fully saturated rings. The molecule has 116 valence electrons. The third kappa shape index (κ3) is 3.07. The third-order valence-corrected chi connectivity index (χ3v) is 3.51. The van der Waals surface area contributed by atoms with Crippen molar-refractivity contribution in [3.8, 4) is 11.4 Å². The van der Waals surface area contributed by atoms with E-state index in [1.807, 2.05) is 0 Å². The van der Waals surface area contributed by atoms with Crippen molar-refractivity contribution >= 4 is 5.91 Å². The SMILES string of the molecule is O=C(Cc1ccc(-c2nn[nH]n2)cc1F)NCC1CC1(F)F.